The van der Waals surface area contributed by atoms with Crippen molar-refractivity contribution in [1.82, 2.24) is 5.32 Å². The molecule has 0 spiro atoms. The second-order valence-corrected chi connectivity index (χ2v) is 5.79. The Balaban J connectivity index is 2.27. The van der Waals surface area contributed by atoms with Gasteiger partial charge in [-0.2, -0.15) is 0 Å². The summed E-state index contributed by atoms with van der Waals surface area (Å²) in [5.74, 6) is 0.983. The smallest absolute Gasteiger partial charge is 0.119 e. The minimum Gasteiger partial charge on any atom is -0.494 e. The molecule has 2 heteroatoms. The summed E-state index contributed by atoms with van der Waals surface area (Å²) in [6, 6.07) is 8.48. The van der Waals surface area contributed by atoms with Crippen molar-refractivity contribution in [2.24, 2.45) is 0 Å². The van der Waals surface area contributed by atoms with Crippen molar-refractivity contribution in [2.45, 2.75) is 45.4 Å². The number of benzene rings is 1. The van der Waals surface area contributed by atoms with Gasteiger partial charge in [0.05, 0.1) is 6.61 Å². The first-order chi connectivity index (χ1) is 8.54. The maximum absolute atomic E-state index is 5.73. The van der Waals surface area contributed by atoms with Gasteiger partial charge in [0.15, 0.2) is 0 Å². The molecule has 0 heterocycles. The molecule has 1 rings (SSSR count). The molecule has 0 aliphatic heterocycles. The van der Waals surface area contributed by atoms with Crippen LogP contribution in [0.15, 0.2) is 24.3 Å². The summed E-state index contributed by atoms with van der Waals surface area (Å²) in [6.45, 7) is 8.60. The molecule has 0 amide bonds. The third kappa shape index (κ3) is 5.54. The van der Waals surface area contributed by atoms with Gasteiger partial charge in [-0.15, -0.1) is 0 Å². The van der Waals surface area contributed by atoms with Crippen molar-refractivity contribution < 1.29 is 4.74 Å². The van der Waals surface area contributed by atoms with Crippen LogP contribution in [0, 0.1) is 0 Å². The van der Waals surface area contributed by atoms with Crippen LogP contribution in [0.1, 0.15) is 45.6 Å². The summed E-state index contributed by atoms with van der Waals surface area (Å²) in [7, 11) is 1.99. The highest BCUT2D eigenvalue weighted by molar-refractivity contribution is 5.31. The Morgan fingerprint density at radius 1 is 1.00 bits per heavy atom. The predicted octanol–water partition coefficient (Wildman–Crippen LogP) is 3.75. The van der Waals surface area contributed by atoms with Gasteiger partial charge in [-0.1, -0.05) is 32.9 Å². The van der Waals surface area contributed by atoms with E-state index in [4.69, 9.17) is 4.74 Å². The Labute approximate surface area is 112 Å². The Morgan fingerprint density at radius 3 is 2.22 bits per heavy atom. The molecule has 0 saturated carbocycles. The van der Waals surface area contributed by atoms with Gasteiger partial charge in [-0.05, 0) is 56.0 Å². The molecule has 0 atom stereocenters. The largest absolute Gasteiger partial charge is 0.494 e. The average Bonchev–Trinajstić information content (AvgIpc) is 2.33. The van der Waals surface area contributed by atoms with Crippen LogP contribution in [0.4, 0.5) is 0 Å². The number of hydrogen-bond acceptors (Lipinski definition) is 2. The molecule has 0 aliphatic rings. The fourth-order valence-electron chi connectivity index (χ4n) is 1.82. The van der Waals surface area contributed by atoms with Crippen LogP contribution in [-0.2, 0) is 5.41 Å². The molecule has 0 radical (unpaired) electrons. The predicted molar refractivity (Wildman–Crippen MR) is 78.4 cm³/mol. The molecule has 18 heavy (non-hydrogen) atoms. The van der Waals surface area contributed by atoms with Crippen molar-refractivity contribution >= 4 is 0 Å². The van der Waals surface area contributed by atoms with Crippen molar-refractivity contribution in [3.8, 4) is 5.75 Å². The Hall–Kier alpha value is -1.02. The molecule has 1 aromatic carbocycles. The van der Waals surface area contributed by atoms with Gasteiger partial charge in [-0.25, -0.2) is 0 Å². The van der Waals surface area contributed by atoms with Gasteiger partial charge in [0.25, 0.3) is 0 Å². The van der Waals surface area contributed by atoms with Crippen LogP contribution >= 0.6 is 0 Å². The second kappa shape index (κ2) is 7.42. The Bertz CT molecular complexity index is 324. The Kier molecular flexibility index (Phi) is 6.20. The molecule has 0 aromatic heterocycles. The summed E-state index contributed by atoms with van der Waals surface area (Å²) in [4.78, 5) is 0. The highest BCUT2D eigenvalue weighted by Gasteiger charge is 2.12. The van der Waals surface area contributed by atoms with Gasteiger partial charge in [0.1, 0.15) is 5.75 Å². The lowest BCUT2D eigenvalue weighted by Crippen LogP contribution is -2.10. The normalized spacial score (nSPS) is 11.6. The van der Waals surface area contributed by atoms with Gasteiger partial charge in [0.2, 0.25) is 0 Å². The second-order valence-electron chi connectivity index (χ2n) is 5.79. The summed E-state index contributed by atoms with van der Waals surface area (Å²) < 4.78 is 5.73. The number of nitrogens with one attached hydrogen (secondary N) is 1. The van der Waals surface area contributed by atoms with Crippen LogP contribution in [-0.4, -0.2) is 20.2 Å². The molecule has 2 nitrogen and oxygen atoms in total. The van der Waals surface area contributed by atoms with Crippen LogP contribution in [0.2, 0.25) is 0 Å². The topological polar surface area (TPSA) is 21.3 Å². The van der Waals surface area contributed by atoms with Crippen LogP contribution in [0.3, 0.4) is 0 Å². The van der Waals surface area contributed by atoms with E-state index >= 15 is 0 Å². The highest BCUT2D eigenvalue weighted by atomic mass is 16.5. The maximum atomic E-state index is 5.73. The fourth-order valence-corrected chi connectivity index (χ4v) is 1.82. The lowest BCUT2D eigenvalue weighted by atomic mass is 9.87. The molecule has 1 N–H and O–H groups in total. The molecular formula is C16H27NO. The molecule has 1 aromatic rings. The minimum atomic E-state index is 0.214. The van der Waals surface area contributed by atoms with E-state index in [0.29, 0.717) is 0 Å². The third-order valence-corrected chi connectivity index (χ3v) is 3.06. The standard InChI is InChI=1S/C16H27NO/c1-16(2,3)14-8-10-15(11-9-14)18-13-7-5-6-12-17-4/h8-11,17H,5-7,12-13H2,1-4H3. The van der Waals surface area contributed by atoms with E-state index in [0.717, 1.165) is 25.3 Å². The van der Waals surface area contributed by atoms with Gasteiger partial charge in [-0.3, -0.25) is 0 Å². The molecule has 0 fully saturated rings. The molecule has 0 unspecified atom stereocenters. The van der Waals surface area contributed by atoms with E-state index in [2.05, 4.69) is 50.4 Å². The van der Waals surface area contributed by atoms with Crippen LogP contribution < -0.4 is 10.1 Å². The van der Waals surface area contributed by atoms with E-state index < -0.39 is 0 Å². The van der Waals surface area contributed by atoms with E-state index in [1.807, 2.05) is 7.05 Å². The average molecular weight is 249 g/mol. The fraction of sp³-hybridized carbons (Fsp3) is 0.625. The number of hydrogen-bond donors (Lipinski definition) is 1. The van der Waals surface area contributed by atoms with Crippen molar-refractivity contribution in [1.29, 1.82) is 0 Å². The number of unbranched alkanes of at least 4 members (excludes halogenated alkanes) is 2. The summed E-state index contributed by atoms with van der Waals surface area (Å²) in [5.41, 5.74) is 1.56. The van der Waals surface area contributed by atoms with E-state index in [1.165, 1.54) is 18.4 Å². The zero-order chi connectivity index (χ0) is 13.4. The van der Waals surface area contributed by atoms with Gasteiger partial charge < -0.3 is 10.1 Å². The molecule has 0 bridgehead atoms. The van der Waals surface area contributed by atoms with Gasteiger partial charge >= 0.3 is 0 Å². The lowest BCUT2D eigenvalue weighted by Gasteiger charge is -2.19. The molecule has 0 saturated heterocycles. The third-order valence-electron chi connectivity index (χ3n) is 3.06. The van der Waals surface area contributed by atoms with Crippen LogP contribution in [0.5, 0.6) is 5.75 Å². The highest BCUT2D eigenvalue weighted by Crippen LogP contribution is 2.24. The Morgan fingerprint density at radius 2 is 1.67 bits per heavy atom. The van der Waals surface area contributed by atoms with Crippen LogP contribution in [0.25, 0.3) is 0 Å². The van der Waals surface area contributed by atoms with E-state index in [-0.39, 0.29) is 5.41 Å². The SMILES string of the molecule is CNCCCCCOc1ccc(C(C)(C)C)cc1. The first-order valence-corrected chi connectivity index (χ1v) is 6.92. The van der Waals surface area contributed by atoms with E-state index in [9.17, 15) is 0 Å². The minimum absolute atomic E-state index is 0.214. The molecule has 102 valence electrons. The molecular weight excluding hydrogens is 222 g/mol. The quantitative estimate of drug-likeness (QED) is 0.743. The van der Waals surface area contributed by atoms with Crippen molar-refractivity contribution in [3.05, 3.63) is 29.8 Å². The van der Waals surface area contributed by atoms with E-state index in [1.54, 1.807) is 0 Å². The number of rotatable bonds is 7. The maximum Gasteiger partial charge on any atom is 0.119 e. The number of ether oxygens (including phenoxy) is 1. The first kappa shape index (κ1) is 15.0. The summed E-state index contributed by atoms with van der Waals surface area (Å²) in [5, 5.41) is 3.16. The summed E-state index contributed by atoms with van der Waals surface area (Å²) >= 11 is 0. The van der Waals surface area contributed by atoms with Crippen molar-refractivity contribution in [3.63, 3.8) is 0 Å². The monoisotopic (exact) mass is 249 g/mol. The zero-order valence-electron chi connectivity index (χ0n) is 12.3. The van der Waals surface area contributed by atoms with Gasteiger partial charge in [0, 0.05) is 0 Å². The summed E-state index contributed by atoms with van der Waals surface area (Å²) in [6.07, 6.45) is 3.58. The first-order valence-electron chi connectivity index (χ1n) is 6.92. The van der Waals surface area contributed by atoms with Crippen molar-refractivity contribution in [2.75, 3.05) is 20.2 Å². The zero-order valence-corrected chi connectivity index (χ0v) is 12.3. The lowest BCUT2D eigenvalue weighted by molar-refractivity contribution is 0.305. The molecule has 0 aliphatic carbocycles.